The third-order valence-electron chi connectivity index (χ3n) is 5.46. The SMILES string of the molecule is CCn1cc(NC(=O)CC2CCN(C(=O)c3ccc4nc(C)[nH]c4c3)CC2)cn1. The smallest absolute Gasteiger partial charge is 0.253 e. The monoisotopic (exact) mass is 394 g/mol. The molecule has 3 aromatic rings. The number of fused-ring (bicyclic) bond motifs is 1. The number of hydrogen-bond donors (Lipinski definition) is 2. The van der Waals surface area contributed by atoms with Gasteiger partial charge in [-0.05, 0) is 50.8 Å². The van der Waals surface area contributed by atoms with Gasteiger partial charge < -0.3 is 15.2 Å². The Balaban J connectivity index is 1.30. The molecule has 0 bridgehead atoms. The van der Waals surface area contributed by atoms with Crippen molar-refractivity contribution >= 4 is 28.5 Å². The Morgan fingerprint density at radius 1 is 1.28 bits per heavy atom. The van der Waals surface area contributed by atoms with Crippen LogP contribution < -0.4 is 5.32 Å². The number of benzene rings is 1. The van der Waals surface area contributed by atoms with Crippen molar-refractivity contribution in [3.63, 3.8) is 0 Å². The van der Waals surface area contributed by atoms with Crippen molar-refractivity contribution in [2.75, 3.05) is 18.4 Å². The molecule has 0 spiro atoms. The highest BCUT2D eigenvalue weighted by molar-refractivity contribution is 5.97. The summed E-state index contributed by atoms with van der Waals surface area (Å²) in [5.41, 5.74) is 3.15. The molecule has 0 atom stereocenters. The van der Waals surface area contributed by atoms with Gasteiger partial charge in [-0.1, -0.05) is 0 Å². The van der Waals surface area contributed by atoms with Crippen LogP contribution in [0.2, 0.25) is 0 Å². The molecule has 0 saturated carbocycles. The number of aromatic amines is 1. The molecule has 8 nitrogen and oxygen atoms in total. The second-order valence-electron chi connectivity index (χ2n) is 7.63. The van der Waals surface area contributed by atoms with Gasteiger partial charge >= 0.3 is 0 Å². The van der Waals surface area contributed by atoms with Crippen LogP contribution >= 0.6 is 0 Å². The highest BCUT2D eigenvalue weighted by Gasteiger charge is 2.25. The van der Waals surface area contributed by atoms with E-state index in [2.05, 4.69) is 20.4 Å². The lowest BCUT2D eigenvalue weighted by Gasteiger charge is -2.31. The van der Waals surface area contributed by atoms with E-state index >= 15 is 0 Å². The number of anilines is 1. The van der Waals surface area contributed by atoms with Gasteiger partial charge in [-0.15, -0.1) is 0 Å². The van der Waals surface area contributed by atoms with Crippen molar-refractivity contribution < 1.29 is 9.59 Å². The lowest BCUT2D eigenvalue weighted by Crippen LogP contribution is -2.39. The molecule has 1 aliphatic rings. The van der Waals surface area contributed by atoms with Gasteiger partial charge in [-0.25, -0.2) is 4.98 Å². The van der Waals surface area contributed by atoms with Crippen LogP contribution in [0.25, 0.3) is 11.0 Å². The Labute approximate surface area is 169 Å². The first-order valence-electron chi connectivity index (χ1n) is 10.1. The van der Waals surface area contributed by atoms with Gasteiger partial charge in [0.1, 0.15) is 5.82 Å². The van der Waals surface area contributed by atoms with E-state index in [0.29, 0.717) is 25.1 Å². The quantitative estimate of drug-likeness (QED) is 0.695. The van der Waals surface area contributed by atoms with E-state index in [1.165, 1.54) is 0 Å². The fourth-order valence-corrected chi connectivity index (χ4v) is 3.87. The number of aryl methyl sites for hydroxylation is 2. The Hall–Kier alpha value is -3.16. The Morgan fingerprint density at radius 2 is 2.07 bits per heavy atom. The average molecular weight is 394 g/mol. The van der Waals surface area contributed by atoms with Gasteiger partial charge in [-0.2, -0.15) is 5.10 Å². The van der Waals surface area contributed by atoms with Crippen LogP contribution in [0.5, 0.6) is 0 Å². The van der Waals surface area contributed by atoms with E-state index in [1.54, 1.807) is 10.9 Å². The van der Waals surface area contributed by atoms with E-state index in [-0.39, 0.29) is 17.7 Å². The predicted molar refractivity (Wildman–Crippen MR) is 111 cm³/mol. The molecule has 1 saturated heterocycles. The summed E-state index contributed by atoms with van der Waals surface area (Å²) in [6.07, 6.45) is 5.63. The molecule has 2 aromatic heterocycles. The van der Waals surface area contributed by atoms with Crippen molar-refractivity contribution in [3.05, 3.63) is 42.0 Å². The second-order valence-corrected chi connectivity index (χ2v) is 7.63. The van der Waals surface area contributed by atoms with E-state index in [9.17, 15) is 9.59 Å². The first-order chi connectivity index (χ1) is 14.0. The molecule has 2 amide bonds. The van der Waals surface area contributed by atoms with Crippen molar-refractivity contribution in [1.29, 1.82) is 0 Å². The molecular weight excluding hydrogens is 368 g/mol. The van der Waals surface area contributed by atoms with Gasteiger partial charge in [0, 0.05) is 37.8 Å². The molecule has 0 unspecified atom stereocenters. The summed E-state index contributed by atoms with van der Waals surface area (Å²) in [7, 11) is 0. The number of imidazole rings is 1. The molecule has 3 heterocycles. The lowest BCUT2D eigenvalue weighted by atomic mass is 9.93. The van der Waals surface area contributed by atoms with E-state index in [4.69, 9.17) is 0 Å². The molecule has 1 fully saturated rings. The fourth-order valence-electron chi connectivity index (χ4n) is 3.87. The molecule has 152 valence electrons. The number of H-pyrrole nitrogens is 1. The van der Waals surface area contributed by atoms with Crippen molar-refractivity contribution in [2.45, 2.75) is 39.7 Å². The minimum absolute atomic E-state index is 0.00509. The number of carbonyl (C=O) groups excluding carboxylic acids is 2. The van der Waals surface area contributed by atoms with Crippen LogP contribution in [-0.2, 0) is 11.3 Å². The van der Waals surface area contributed by atoms with Crippen LogP contribution in [0, 0.1) is 12.8 Å². The summed E-state index contributed by atoms with van der Waals surface area (Å²) in [4.78, 5) is 34.6. The van der Waals surface area contributed by atoms with Crippen LogP contribution in [0.3, 0.4) is 0 Å². The van der Waals surface area contributed by atoms with E-state index in [1.807, 2.05) is 43.1 Å². The second kappa shape index (κ2) is 8.06. The lowest BCUT2D eigenvalue weighted by molar-refractivity contribution is -0.117. The Bertz CT molecular complexity index is 1030. The number of hydrogen-bond acceptors (Lipinski definition) is 4. The number of nitrogens with zero attached hydrogens (tertiary/aromatic N) is 4. The fraction of sp³-hybridized carbons (Fsp3) is 0.429. The average Bonchev–Trinajstić information content (AvgIpc) is 3.32. The summed E-state index contributed by atoms with van der Waals surface area (Å²) in [6.45, 7) is 6.02. The van der Waals surface area contributed by atoms with Crippen LogP contribution in [-0.4, -0.2) is 49.6 Å². The maximum Gasteiger partial charge on any atom is 0.253 e. The third kappa shape index (κ3) is 4.31. The largest absolute Gasteiger partial charge is 0.342 e. The van der Waals surface area contributed by atoms with Crippen LogP contribution in [0.1, 0.15) is 42.4 Å². The summed E-state index contributed by atoms with van der Waals surface area (Å²) in [6, 6.07) is 5.58. The molecule has 8 heteroatoms. The maximum atomic E-state index is 12.9. The van der Waals surface area contributed by atoms with Crippen molar-refractivity contribution in [3.8, 4) is 0 Å². The normalized spacial score (nSPS) is 15.0. The first-order valence-corrected chi connectivity index (χ1v) is 10.1. The zero-order valence-electron chi connectivity index (χ0n) is 16.8. The zero-order valence-corrected chi connectivity index (χ0v) is 16.8. The first kappa shape index (κ1) is 19.2. The molecule has 1 aromatic carbocycles. The Morgan fingerprint density at radius 3 is 2.79 bits per heavy atom. The third-order valence-corrected chi connectivity index (χ3v) is 5.46. The maximum absolute atomic E-state index is 12.9. The van der Waals surface area contributed by atoms with Gasteiger partial charge in [-0.3, -0.25) is 14.3 Å². The summed E-state index contributed by atoms with van der Waals surface area (Å²) in [5, 5.41) is 7.08. The molecule has 0 radical (unpaired) electrons. The van der Waals surface area contributed by atoms with Gasteiger partial charge in [0.25, 0.3) is 5.91 Å². The minimum Gasteiger partial charge on any atom is -0.342 e. The number of likely N-dealkylation sites (tertiary alicyclic amines) is 1. The number of rotatable bonds is 5. The number of nitrogens with one attached hydrogen (secondary N) is 2. The number of aromatic nitrogens is 4. The van der Waals surface area contributed by atoms with Crippen LogP contribution in [0.4, 0.5) is 5.69 Å². The van der Waals surface area contributed by atoms with Gasteiger partial charge in [0.2, 0.25) is 5.91 Å². The topological polar surface area (TPSA) is 95.9 Å². The van der Waals surface area contributed by atoms with Gasteiger partial charge in [0.15, 0.2) is 0 Å². The minimum atomic E-state index is 0.00509. The predicted octanol–water partition coefficient (Wildman–Crippen LogP) is 2.97. The number of piperidine rings is 1. The van der Waals surface area contributed by atoms with Crippen molar-refractivity contribution in [2.24, 2.45) is 5.92 Å². The molecular formula is C21H26N6O2. The zero-order chi connectivity index (χ0) is 20.4. The van der Waals surface area contributed by atoms with E-state index < -0.39 is 0 Å². The summed E-state index contributed by atoms with van der Waals surface area (Å²) >= 11 is 0. The summed E-state index contributed by atoms with van der Waals surface area (Å²) < 4.78 is 1.78. The highest BCUT2D eigenvalue weighted by Crippen LogP contribution is 2.23. The van der Waals surface area contributed by atoms with Crippen molar-refractivity contribution in [1.82, 2.24) is 24.6 Å². The molecule has 29 heavy (non-hydrogen) atoms. The van der Waals surface area contributed by atoms with Gasteiger partial charge in [0.05, 0.1) is 22.9 Å². The number of amides is 2. The van der Waals surface area contributed by atoms with Crippen LogP contribution in [0.15, 0.2) is 30.6 Å². The standard InChI is InChI=1S/C21H26N6O2/c1-3-27-13-17(12-22-27)25-20(28)10-15-6-8-26(9-7-15)21(29)16-4-5-18-19(11-16)24-14(2)23-18/h4-5,11-13,15H,3,6-10H2,1-2H3,(H,23,24)(H,25,28). The molecule has 2 N–H and O–H groups in total. The Kier molecular flexibility index (Phi) is 5.33. The molecule has 0 aliphatic carbocycles. The molecule has 1 aliphatic heterocycles. The molecule has 4 rings (SSSR count). The highest BCUT2D eigenvalue weighted by atomic mass is 16.2. The summed E-state index contributed by atoms with van der Waals surface area (Å²) in [5.74, 6) is 1.17. The number of carbonyl (C=O) groups is 2. The van der Waals surface area contributed by atoms with E-state index in [0.717, 1.165) is 41.9 Å².